The van der Waals surface area contributed by atoms with E-state index in [0.717, 1.165) is 53.5 Å². The van der Waals surface area contributed by atoms with Gasteiger partial charge in [-0.15, -0.1) is 0 Å². The predicted molar refractivity (Wildman–Crippen MR) is 117 cm³/mol. The molecule has 0 saturated heterocycles. The first-order valence-corrected chi connectivity index (χ1v) is 10.4. The molecule has 1 aliphatic carbocycles. The lowest BCUT2D eigenvalue weighted by Gasteiger charge is -2.12. The van der Waals surface area contributed by atoms with Crippen LogP contribution in [0.1, 0.15) is 49.1 Å². The van der Waals surface area contributed by atoms with Gasteiger partial charge in [0.25, 0.3) is 0 Å². The Kier molecular flexibility index (Phi) is 5.62. The van der Waals surface area contributed by atoms with Crippen molar-refractivity contribution in [3.63, 3.8) is 0 Å². The third kappa shape index (κ3) is 3.97. The number of aryl methyl sites for hydroxylation is 3. The molecule has 1 N–H and O–H groups in total. The Morgan fingerprint density at radius 2 is 2.03 bits per heavy atom. The fourth-order valence-corrected chi connectivity index (χ4v) is 4.00. The van der Waals surface area contributed by atoms with E-state index in [0.29, 0.717) is 23.6 Å². The monoisotopic (exact) mass is 407 g/mol. The first-order chi connectivity index (χ1) is 14.5. The molecule has 0 spiro atoms. The summed E-state index contributed by atoms with van der Waals surface area (Å²) in [6, 6.07) is 8.65. The van der Waals surface area contributed by atoms with E-state index in [2.05, 4.69) is 11.4 Å². The van der Waals surface area contributed by atoms with Gasteiger partial charge >= 0.3 is 0 Å². The van der Waals surface area contributed by atoms with Crippen molar-refractivity contribution in [2.45, 2.75) is 46.5 Å². The highest BCUT2D eigenvalue weighted by atomic mass is 19.1. The summed E-state index contributed by atoms with van der Waals surface area (Å²) in [5.41, 5.74) is 4.71. The van der Waals surface area contributed by atoms with Gasteiger partial charge < -0.3 is 14.5 Å². The van der Waals surface area contributed by atoms with E-state index in [-0.39, 0.29) is 11.7 Å². The first kappa shape index (κ1) is 20.2. The smallest absolute Gasteiger partial charge is 0.248 e. The number of ether oxygens (including phenoxy) is 1. The summed E-state index contributed by atoms with van der Waals surface area (Å²) in [4.78, 5) is 12.5. The molecule has 3 aromatic rings. The van der Waals surface area contributed by atoms with Gasteiger partial charge in [-0.1, -0.05) is 6.07 Å². The Hall–Kier alpha value is -3.08. The maximum absolute atomic E-state index is 13.8. The number of benzene rings is 2. The van der Waals surface area contributed by atoms with Crippen LogP contribution < -0.4 is 10.1 Å². The Labute approximate surface area is 175 Å². The highest BCUT2D eigenvalue weighted by molar-refractivity contribution is 6.04. The summed E-state index contributed by atoms with van der Waals surface area (Å²) in [5, 5.41) is 3.82. The predicted octanol–water partition coefficient (Wildman–Crippen LogP) is 6.20. The largest absolute Gasteiger partial charge is 0.493 e. The highest BCUT2D eigenvalue weighted by Crippen LogP contribution is 2.38. The summed E-state index contributed by atoms with van der Waals surface area (Å²) >= 11 is 0. The summed E-state index contributed by atoms with van der Waals surface area (Å²) < 4.78 is 25.7. The zero-order valence-electron chi connectivity index (χ0n) is 17.6. The summed E-state index contributed by atoms with van der Waals surface area (Å²) in [6.45, 7) is 6.01. The van der Waals surface area contributed by atoms with Crippen molar-refractivity contribution in [3.8, 4) is 5.75 Å². The van der Waals surface area contributed by atoms with Crippen molar-refractivity contribution in [3.05, 3.63) is 64.7 Å². The lowest BCUT2D eigenvalue weighted by atomic mass is 9.94. The van der Waals surface area contributed by atoms with Crippen molar-refractivity contribution in [1.82, 2.24) is 0 Å². The number of carbonyl (C=O) groups is 1. The van der Waals surface area contributed by atoms with Crippen molar-refractivity contribution >= 4 is 28.1 Å². The van der Waals surface area contributed by atoms with Crippen LogP contribution in [0, 0.1) is 12.7 Å². The van der Waals surface area contributed by atoms with E-state index in [1.165, 1.54) is 17.7 Å². The maximum Gasteiger partial charge on any atom is 0.248 e. The van der Waals surface area contributed by atoms with E-state index in [4.69, 9.17) is 9.15 Å². The minimum Gasteiger partial charge on any atom is -0.493 e. The molecule has 1 aromatic heterocycles. The molecular formula is C25H26FNO3. The molecule has 0 atom stereocenters. The second-order valence-electron chi connectivity index (χ2n) is 7.77. The van der Waals surface area contributed by atoms with Crippen LogP contribution >= 0.6 is 0 Å². The quantitative estimate of drug-likeness (QED) is 0.512. The number of fused-ring (bicyclic) bond motifs is 3. The van der Waals surface area contributed by atoms with Crippen LogP contribution in [0.15, 0.2) is 40.8 Å². The van der Waals surface area contributed by atoms with Crippen molar-refractivity contribution < 1.29 is 18.3 Å². The van der Waals surface area contributed by atoms with Gasteiger partial charge in [0.05, 0.1) is 6.61 Å². The van der Waals surface area contributed by atoms with Gasteiger partial charge in [0.1, 0.15) is 22.9 Å². The second-order valence-corrected chi connectivity index (χ2v) is 7.77. The molecule has 1 aliphatic rings. The number of allylic oxidation sites excluding steroid dienone is 1. The normalized spacial score (nSPS) is 13.9. The molecule has 4 rings (SSSR count). The molecule has 156 valence electrons. The average molecular weight is 407 g/mol. The topological polar surface area (TPSA) is 51.5 Å². The van der Waals surface area contributed by atoms with Crippen LogP contribution in [0.25, 0.3) is 16.5 Å². The molecule has 0 saturated carbocycles. The Balaban J connectivity index is 1.67. The van der Waals surface area contributed by atoms with Gasteiger partial charge in [-0.25, -0.2) is 4.39 Å². The Bertz CT molecular complexity index is 1140. The lowest BCUT2D eigenvalue weighted by Crippen LogP contribution is -2.09. The number of hydrogen-bond donors (Lipinski definition) is 1. The zero-order valence-corrected chi connectivity index (χ0v) is 17.6. The van der Waals surface area contributed by atoms with Gasteiger partial charge in [-0.05, 0) is 69.4 Å². The van der Waals surface area contributed by atoms with E-state index >= 15 is 0 Å². The van der Waals surface area contributed by atoms with E-state index in [1.54, 1.807) is 19.1 Å². The molecule has 0 bridgehead atoms. The van der Waals surface area contributed by atoms with E-state index in [9.17, 15) is 9.18 Å². The van der Waals surface area contributed by atoms with Crippen LogP contribution in [0.5, 0.6) is 5.75 Å². The molecule has 1 amide bonds. The van der Waals surface area contributed by atoms with Gasteiger partial charge in [0, 0.05) is 40.8 Å². The van der Waals surface area contributed by atoms with E-state index in [1.807, 2.05) is 19.9 Å². The zero-order chi connectivity index (χ0) is 21.3. The maximum atomic E-state index is 13.8. The van der Waals surface area contributed by atoms with Crippen LogP contribution in [0.3, 0.4) is 0 Å². The molecule has 0 radical (unpaired) electrons. The standard InChI is InChI=1S/C25H26FNO3/c1-4-29-23-14-24-20(18-7-5-6-8-22(18)30-24)13-19(23)16(3)11-25(28)27-17-10-9-15(2)21(26)12-17/h9-14H,4-8H2,1-3H3,(H,27,28)/b16-11+. The summed E-state index contributed by atoms with van der Waals surface area (Å²) in [6.07, 6.45) is 5.81. The van der Waals surface area contributed by atoms with Gasteiger partial charge in [0.15, 0.2) is 0 Å². The Morgan fingerprint density at radius 3 is 2.80 bits per heavy atom. The summed E-state index contributed by atoms with van der Waals surface area (Å²) in [5.74, 6) is 1.10. The fraction of sp³-hybridized carbons (Fsp3) is 0.320. The molecular weight excluding hydrogens is 381 g/mol. The second kappa shape index (κ2) is 8.34. The molecule has 30 heavy (non-hydrogen) atoms. The number of amides is 1. The fourth-order valence-electron chi connectivity index (χ4n) is 4.00. The molecule has 5 heteroatoms. The molecule has 4 nitrogen and oxygen atoms in total. The molecule has 0 fully saturated rings. The molecule has 1 heterocycles. The number of halogens is 1. The summed E-state index contributed by atoms with van der Waals surface area (Å²) in [7, 11) is 0. The SMILES string of the molecule is CCOc1cc2oc3c(c2cc1/C(C)=C/C(=O)Nc1ccc(C)c(F)c1)CCCC3. The minimum absolute atomic E-state index is 0.312. The number of furan rings is 1. The van der Waals surface area contributed by atoms with Crippen molar-refractivity contribution in [2.24, 2.45) is 0 Å². The van der Waals surface area contributed by atoms with Gasteiger partial charge in [-0.3, -0.25) is 4.79 Å². The number of anilines is 1. The third-order valence-electron chi connectivity index (χ3n) is 5.57. The highest BCUT2D eigenvalue weighted by Gasteiger charge is 2.20. The molecule has 0 unspecified atom stereocenters. The van der Waals surface area contributed by atoms with Crippen LogP contribution in [-0.2, 0) is 17.6 Å². The number of nitrogens with one attached hydrogen (secondary N) is 1. The number of hydrogen-bond acceptors (Lipinski definition) is 3. The van der Waals surface area contributed by atoms with Gasteiger partial charge in [-0.2, -0.15) is 0 Å². The van der Waals surface area contributed by atoms with Crippen molar-refractivity contribution in [1.29, 1.82) is 0 Å². The average Bonchev–Trinajstić information content (AvgIpc) is 3.07. The number of carbonyl (C=O) groups excluding carboxylic acids is 1. The van der Waals surface area contributed by atoms with Gasteiger partial charge in [0.2, 0.25) is 5.91 Å². The van der Waals surface area contributed by atoms with Crippen LogP contribution in [-0.4, -0.2) is 12.5 Å². The molecule has 2 aromatic carbocycles. The minimum atomic E-state index is -0.345. The van der Waals surface area contributed by atoms with E-state index < -0.39 is 0 Å². The third-order valence-corrected chi connectivity index (χ3v) is 5.57. The Morgan fingerprint density at radius 1 is 1.23 bits per heavy atom. The number of rotatable bonds is 5. The van der Waals surface area contributed by atoms with Crippen LogP contribution in [0.2, 0.25) is 0 Å². The first-order valence-electron chi connectivity index (χ1n) is 10.4. The van der Waals surface area contributed by atoms with Crippen LogP contribution in [0.4, 0.5) is 10.1 Å². The molecule has 0 aliphatic heterocycles. The lowest BCUT2D eigenvalue weighted by molar-refractivity contribution is -0.111. The van der Waals surface area contributed by atoms with Crippen molar-refractivity contribution in [2.75, 3.05) is 11.9 Å².